The molecule has 156 valence electrons. The lowest BCUT2D eigenvalue weighted by atomic mass is 10.1. The molecule has 0 heterocycles. The van der Waals surface area contributed by atoms with Gasteiger partial charge in [0, 0.05) is 13.2 Å². The molecule has 0 aliphatic rings. The van der Waals surface area contributed by atoms with E-state index in [0.717, 1.165) is 26.1 Å². The number of ether oxygens (including phenoxy) is 2. The van der Waals surface area contributed by atoms with Crippen molar-refractivity contribution in [2.45, 2.75) is 59.3 Å². The molecule has 8 nitrogen and oxygen atoms in total. The summed E-state index contributed by atoms with van der Waals surface area (Å²) in [6, 6.07) is 0. The quantitative estimate of drug-likeness (QED) is 0.305. The van der Waals surface area contributed by atoms with Gasteiger partial charge < -0.3 is 19.7 Å². The van der Waals surface area contributed by atoms with Crippen LogP contribution in [0.4, 0.5) is 0 Å². The summed E-state index contributed by atoms with van der Waals surface area (Å²) in [7, 11) is -4.22. The molecule has 0 aromatic heterocycles. The van der Waals surface area contributed by atoms with Crippen LogP contribution in [-0.2, 0) is 24.1 Å². The molecule has 0 amide bonds. The number of hydrogen-bond donors (Lipinski definition) is 3. The van der Waals surface area contributed by atoms with Crippen LogP contribution in [0.15, 0.2) is 0 Å². The van der Waals surface area contributed by atoms with Crippen molar-refractivity contribution in [3.05, 3.63) is 0 Å². The van der Waals surface area contributed by atoms with Crippen molar-refractivity contribution in [3.8, 4) is 0 Å². The van der Waals surface area contributed by atoms with Gasteiger partial charge in [0.25, 0.3) is 0 Å². The van der Waals surface area contributed by atoms with Crippen molar-refractivity contribution in [1.29, 1.82) is 0 Å². The number of aliphatic hydroxyl groups excluding tert-OH is 2. The molecular formula is C16H38O8S. The van der Waals surface area contributed by atoms with E-state index >= 15 is 0 Å². The highest BCUT2D eigenvalue weighted by atomic mass is 32.3. The maximum absolute atomic E-state index is 10.1. The lowest BCUT2D eigenvalue weighted by molar-refractivity contribution is 0.0650. The molecule has 0 radical (unpaired) electrons. The van der Waals surface area contributed by atoms with Crippen LogP contribution in [0.3, 0.4) is 0 Å². The van der Waals surface area contributed by atoms with E-state index in [-0.39, 0.29) is 19.8 Å². The van der Waals surface area contributed by atoms with Crippen molar-refractivity contribution < 1.29 is 36.8 Å². The zero-order chi connectivity index (χ0) is 19.8. The van der Waals surface area contributed by atoms with E-state index in [4.69, 9.17) is 19.5 Å². The van der Waals surface area contributed by atoms with Gasteiger partial charge in [-0.15, -0.1) is 0 Å². The molecule has 0 atom stereocenters. The molecule has 0 fully saturated rings. The topological polar surface area (TPSA) is 123 Å². The molecule has 0 aliphatic carbocycles. The van der Waals surface area contributed by atoms with E-state index in [9.17, 15) is 8.42 Å². The monoisotopic (exact) mass is 390 g/mol. The molecule has 0 spiro atoms. The van der Waals surface area contributed by atoms with E-state index in [1.165, 1.54) is 19.3 Å². The third-order valence-electron chi connectivity index (χ3n) is 2.61. The van der Waals surface area contributed by atoms with Crippen LogP contribution in [0.5, 0.6) is 0 Å². The first-order valence-electron chi connectivity index (χ1n) is 8.88. The predicted molar refractivity (Wildman–Crippen MR) is 98.0 cm³/mol. The third-order valence-corrected chi connectivity index (χ3v) is 3.07. The molecule has 0 saturated heterocycles. The van der Waals surface area contributed by atoms with Gasteiger partial charge in [-0.3, -0.25) is 4.55 Å². The van der Waals surface area contributed by atoms with Gasteiger partial charge in [-0.1, -0.05) is 39.0 Å². The van der Waals surface area contributed by atoms with E-state index in [1.54, 1.807) is 0 Å². The summed E-state index contributed by atoms with van der Waals surface area (Å²) >= 11 is 0. The van der Waals surface area contributed by atoms with Crippen molar-refractivity contribution in [3.63, 3.8) is 0 Å². The lowest BCUT2D eigenvalue weighted by Gasteiger charge is -2.00. The van der Waals surface area contributed by atoms with Crippen LogP contribution in [-0.4, -0.2) is 69.4 Å². The van der Waals surface area contributed by atoms with Gasteiger partial charge in [-0.25, -0.2) is 4.18 Å². The molecule has 0 aliphatic heterocycles. The summed E-state index contributed by atoms with van der Waals surface area (Å²) in [5, 5.41) is 16.2. The Morgan fingerprint density at radius 1 is 0.720 bits per heavy atom. The highest BCUT2D eigenvalue weighted by Crippen LogP contribution is 2.05. The molecule has 0 aromatic carbocycles. The van der Waals surface area contributed by atoms with Crippen LogP contribution < -0.4 is 0 Å². The highest BCUT2D eigenvalue weighted by Gasteiger charge is 2.02. The molecule has 0 aromatic rings. The van der Waals surface area contributed by atoms with E-state index < -0.39 is 10.4 Å². The molecule has 0 saturated carbocycles. The number of hydrogen-bond acceptors (Lipinski definition) is 7. The number of unbranched alkanes of at least 4 members (excludes halogenated alkanes) is 5. The Kier molecular flexibility index (Phi) is 30.6. The van der Waals surface area contributed by atoms with Gasteiger partial charge in [-0.05, 0) is 20.3 Å². The second-order valence-corrected chi connectivity index (χ2v) is 5.95. The Bertz CT molecular complexity index is 303. The van der Waals surface area contributed by atoms with Crippen molar-refractivity contribution in [1.82, 2.24) is 0 Å². The second kappa shape index (κ2) is 25.9. The highest BCUT2D eigenvalue weighted by molar-refractivity contribution is 7.80. The average Bonchev–Trinajstić information content (AvgIpc) is 2.55. The summed E-state index contributed by atoms with van der Waals surface area (Å²) in [5.41, 5.74) is 0. The van der Waals surface area contributed by atoms with Gasteiger partial charge >= 0.3 is 10.4 Å². The Labute approximate surface area is 153 Å². The fourth-order valence-corrected chi connectivity index (χ4v) is 1.81. The van der Waals surface area contributed by atoms with E-state index in [0.29, 0.717) is 19.6 Å². The van der Waals surface area contributed by atoms with Crippen LogP contribution in [0.2, 0.25) is 0 Å². The Hall–Kier alpha value is -0.290. The molecule has 0 rings (SSSR count). The summed E-state index contributed by atoms with van der Waals surface area (Å²) in [4.78, 5) is 0. The molecule has 0 bridgehead atoms. The van der Waals surface area contributed by atoms with Crippen LogP contribution >= 0.6 is 0 Å². The van der Waals surface area contributed by atoms with Crippen molar-refractivity contribution >= 4 is 10.4 Å². The Balaban J connectivity index is -0.000000337. The summed E-state index contributed by atoms with van der Waals surface area (Å²) in [6.45, 7) is 8.59. The Morgan fingerprint density at radius 3 is 1.56 bits per heavy atom. The first-order valence-corrected chi connectivity index (χ1v) is 10.2. The van der Waals surface area contributed by atoms with Crippen molar-refractivity contribution in [2.24, 2.45) is 0 Å². The average molecular weight is 391 g/mol. The predicted octanol–water partition coefficient (Wildman–Crippen LogP) is 2.20. The van der Waals surface area contributed by atoms with Crippen LogP contribution in [0.1, 0.15) is 59.3 Å². The zero-order valence-corrected chi connectivity index (χ0v) is 16.8. The fourth-order valence-electron chi connectivity index (χ4n) is 1.48. The van der Waals surface area contributed by atoms with Gasteiger partial charge in [0.1, 0.15) is 0 Å². The second-order valence-electron chi connectivity index (χ2n) is 4.86. The standard InChI is InChI=1S/C8H18O4S.C4H10O3.C4H10O/c1-2-3-4-5-6-7-8-12-13(9,10)11;5-1-3-7-4-2-6;1-3-5-4-2/h2-8H2,1H3,(H,9,10,11);5-6H,1-4H2;3-4H2,1-2H3. The number of aliphatic hydroxyl groups is 2. The van der Waals surface area contributed by atoms with Gasteiger partial charge in [0.2, 0.25) is 0 Å². The maximum atomic E-state index is 10.1. The lowest BCUT2D eigenvalue weighted by Crippen LogP contribution is -2.04. The third kappa shape index (κ3) is 45.3. The van der Waals surface area contributed by atoms with E-state index in [2.05, 4.69) is 15.8 Å². The minimum atomic E-state index is -4.22. The Morgan fingerprint density at radius 2 is 1.20 bits per heavy atom. The number of rotatable bonds is 14. The largest absolute Gasteiger partial charge is 0.397 e. The first kappa shape index (κ1) is 29.5. The molecule has 0 unspecified atom stereocenters. The normalized spacial score (nSPS) is 10.5. The molecule has 3 N–H and O–H groups in total. The summed E-state index contributed by atoms with van der Waals surface area (Å²) in [6.07, 6.45) is 6.34. The summed E-state index contributed by atoms with van der Waals surface area (Å²) in [5.74, 6) is 0. The minimum absolute atomic E-state index is 0.0278. The molecule has 9 heteroatoms. The van der Waals surface area contributed by atoms with Crippen molar-refractivity contribution in [2.75, 3.05) is 46.2 Å². The fraction of sp³-hybridized carbons (Fsp3) is 1.00. The summed E-state index contributed by atoms with van der Waals surface area (Å²) < 4.78 is 42.0. The molecular weight excluding hydrogens is 352 g/mol. The van der Waals surface area contributed by atoms with E-state index in [1.807, 2.05) is 13.8 Å². The minimum Gasteiger partial charge on any atom is -0.394 e. The van der Waals surface area contributed by atoms with Gasteiger partial charge in [-0.2, -0.15) is 8.42 Å². The smallest absolute Gasteiger partial charge is 0.394 e. The SMILES string of the molecule is CCCCCCCCOS(=O)(=O)O.CCOCC.OCCOCCO. The maximum Gasteiger partial charge on any atom is 0.397 e. The zero-order valence-electron chi connectivity index (χ0n) is 16.0. The van der Waals surface area contributed by atoms with Crippen LogP contribution in [0, 0.1) is 0 Å². The van der Waals surface area contributed by atoms with Gasteiger partial charge in [0.05, 0.1) is 33.0 Å². The van der Waals surface area contributed by atoms with Crippen LogP contribution in [0.25, 0.3) is 0 Å². The first-order chi connectivity index (χ1) is 11.9. The van der Waals surface area contributed by atoms with Gasteiger partial charge in [0.15, 0.2) is 0 Å². The molecule has 25 heavy (non-hydrogen) atoms.